The van der Waals surface area contributed by atoms with Crippen LogP contribution in [0.5, 0.6) is 0 Å². The quantitative estimate of drug-likeness (QED) is 0.118. The molecule has 14 heteroatoms. The topological polar surface area (TPSA) is 166 Å². The number of carboxylic acids is 1. The van der Waals surface area contributed by atoms with Crippen molar-refractivity contribution in [3.05, 3.63) is 62.1 Å². The van der Waals surface area contributed by atoms with Gasteiger partial charge in [0.05, 0.1) is 15.7 Å². The number of carbonyl (C=O) groups is 3. The second-order valence-electron chi connectivity index (χ2n) is 7.63. The van der Waals surface area contributed by atoms with Crippen molar-refractivity contribution in [3.8, 4) is 0 Å². The van der Waals surface area contributed by atoms with Gasteiger partial charge in [0.2, 0.25) is 5.91 Å². The van der Waals surface area contributed by atoms with Gasteiger partial charge in [-0.25, -0.2) is 10.4 Å². The lowest BCUT2D eigenvalue weighted by atomic mass is 10.1. The molecule has 0 aliphatic rings. The second-order valence-corrected chi connectivity index (χ2v) is 9.32. The van der Waals surface area contributed by atoms with Crippen LogP contribution in [-0.2, 0) is 20.9 Å². The minimum atomic E-state index is -1.18. The van der Waals surface area contributed by atoms with Crippen molar-refractivity contribution in [2.75, 3.05) is 11.6 Å². The molecule has 1 unspecified atom stereocenters. The fourth-order valence-corrected chi connectivity index (χ4v) is 3.97. The van der Waals surface area contributed by atoms with Gasteiger partial charge in [0.15, 0.2) is 5.96 Å². The maximum absolute atomic E-state index is 13.2. The molecule has 0 heterocycles. The van der Waals surface area contributed by atoms with Crippen LogP contribution in [0.15, 0.2) is 36.4 Å². The Balaban J connectivity index is 2.20. The molecule has 0 saturated carbocycles. The summed E-state index contributed by atoms with van der Waals surface area (Å²) in [6.45, 7) is 0.0353. The van der Waals surface area contributed by atoms with Crippen molar-refractivity contribution in [3.63, 3.8) is 0 Å². The summed E-state index contributed by atoms with van der Waals surface area (Å²) in [5.74, 6) is -3.21. The number of nitrogens with zero attached hydrogens (tertiary/aromatic N) is 2. The maximum atomic E-state index is 13.2. The van der Waals surface area contributed by atoms with Crippen molar-refractivity contribution in [2.24, 2.45) is 11.5 Å². The standard InChI is InChI=1S/C22H24Cl4N6O4/c23-13-6-12(7-14(24)8-13)11-30-32(15-3-4-16(25)17(26)9-15)20(34)10-19(33)31(22(28)29)5-1-2-18(27)21(35)36/h3-4,6-9,18,30H,1-2,5,10-11,27H2,(H3,28,29)(H,35,36). The van der Waals surface area contributed by atoms with Crippen LogP contribution in [0.1, 0.15) is 24.8 Å². The molecule has 2 rings (SSSR count). The number of amides is 2. The highest BCUT2D eigenvalue weighted by atomic mass is 35.5. The third-order valence-corrected chi connectivity index (χ3v) is 6.06. The summed E-state index contributed by atoms with van der Waals surface area (Å²) < 4.78 is 0. The van der Waals surface area contributed by atoms with Gasteiger partial charge in [0.25, 0.3) is 5.91 Å². The van der Waals surface area contributed by atoms with Crippen LogP contribution in [0.4, 0.5) is 5.69 Å². The van der Waals surface area contributed by atoms with Crippen LogP contribution in [0.25, 0.3) is 0 Å². The number of halogens is 4. The van der Waals surface area contributed by atoms with Crippen molar-refractivity contribution >= 4 is 75.8 Å². The summed E-state index contributed by atoms with van der Waals surface area (Å²) in [7, 11) is 0. The van der Waals surface area contributed by atoms with E-state index in [1.165, 1.54) is 18.2 Å². The van der Waals surface area contributed by atoms with E-state index in [1.807, 2.05) is 0 Å². The van der Waals surface area contributed by atoms with Crippen LogP contribution in [0.3, 0.4) is 0 Å². The summed E-state index contributed by atoms with van der Waals surface area (Å²) in [5.41, 5.74) is 14.9. The number of carbonyl (C=O) groups excluding carboxylic acids is 2. The summed E-state index contributed by atoms with van der Waals surface area (Å²) >= 11 is 24.2. The Labute approximate surface area is 227 Å². The molecule has 1 atom stereocenters. The number of anilines is 1. The van der Waals surface area contributed by atoms with Gasteiger partial charge in [0, 0.05) is 23.1 Å². The number of hydrogen-bond acceptors (Lipinski definition) is 6. The van der Waals surface area contributed by atoms with Crippen LogP contribution < -0.4 is 21.9 Å². The largest absolute Gasteiger partial charge is 0.480 e. The lowest BCUT2D eigenvalue weighted by Crippen LogP contribution is -2.48. The average Bonchev–Trinajstić information content (AvgIpc) is 2.77. The summed E-state index contributed by atoms with van der Waals surface area (Å²) in [4.78, 5) is 37.8. The minimum absolute atomic E-state index is 0.0550. The highest BCUT2D eigenvalue weighted by molar-refractivity contribution is 6.42. The van der Waals surface area contributed by atoms with Crippen molar-refractivity contribution in [1.82, 2.24) is 10.3 Å². The smallest absolute Gasteiger partial charge is 0.320 e. The van der Waals surface area contributed by atoms with E-state index in [0.29, 0.717) is 21.3 Å². The van der Waals surface area contributed by atoms with Gasteiger partial charge in [-0.3, -0.25) is 24.7 Å². The lowest BCUT2D eigenvalue weighted by molar-refractivity contribution is -0.138. The zero-order chi connectivity index (χ0) is 27.0. The van der Waals surface area contributed by atoms with Gasteiger partial charge in [-0.15, -0.1) is 0 Å². The van der Waals surface area contributed by atoms with E-state index >= 15 is 0 Å². The molecule has 194 valence electrons. The normalized spacial score (nSPS) is 11.6. The van der Waals surface area contributed by atoms with E-state index < -0.39 is 36.2 Å². The van der Waals surface area contributed by atoms with Crippen molar-refractivity contribution in [2.45, 2.75) is 31.8 Å². The Morgan fingerprint density at radius 3 is 2.19 bits per heavy atom. The molecule has 36 heavy (non-hydrogen) atoms. The van der Waals surface area contributed by atoms with Gasteiger partial charge in [-0.05, 0) is 54.8 Å². The fraction of sp³-hybridized carbons (Fsp3) is 0.273. The van der Waals surface area contributed by atoms with E-state index in [2.05, 4.69) is 5.43 Å². The van der Waals surface area contributed by atoms with Gasteiger partial charge in [0.1, 0.15) is 12.5 Å². The third kappa shape index (κ3) is 8.81. The van der Waals surface area contributed by atoms with E-state index in [1.54, 1.807) is 18.2 Å². The van der Waals surface area contributed by atoms with Gasteiger partial charge in [-0.1, -0.05) is 46.4 Å². The number of aliphatic carboxylic acids is 1. The first-order valence-electron chi connectivity index (χ1n) is 10.5. The number of hydrogen-bond donors (Lipinski definition) is 5. The minimum Gasteiger partial charge on any atom is -0.480 e. The maximum Gasteiger partial charge on any atom is 0.320 e. The first kappa shape index (κ1) is 29.6. The van der Waals surface area contributed by atoms with E-state index in [0.717, 1.165) is 9.91 Å². The molecule has 0 aromatic heterocycles. The van der Waals surface area contributed by atoms with E-state index in [4.69, 9.17) is 68.4 Å². The highest BCUT2D eigenvalue weighted by Gasteiger charge is 2.25. The molecule has 10 nitrogen and oxygen atoms in total. The Morgan fingerprint density at radius 2 is 1.64 bits per heavy atom. The molecule has 2 aromatic carbocycles. The predicted molar refractivity (Wildman–Crippen MR) is 140 cm³/mol. The van der Waals surface area contributed by atoms with Crippen molar-refractivity contribution in [1.29, 1.82) is 5.41 Å². The number of carboxylic acid groups (broad SMARTS) is 1. The van der Waals surface area contributed by atoms with Gasteiger partial charge in [-0.2, -0.15) is 0 Å². The Hall–Kier alpha value is -2.60. The highest BCUT2D eigenvalue weighted by Crippen LogP contribution is 2.27. The first-order valence-corrected chi connectivity index (χ1v) is 12.0. The average molecular weight is 578 g/mol. The molecular weight excluding hydrogens is 554 g/mol. The third-order valence-electron chi connectivity index (χ3n) is 4.88. The van der Waals surface area contributed by atoms with E-state index in [9.17, 15) is 14.4 Å². The molecule has 0 radical (unpaired) electrons. The number of benzene rings is 2. The van der Waals surface area contributed by atoms with Gasteiger partial charge >= 0.3 is 5.97 Å². The first-order chi connectivity index (χ1) is 16.9. The Morgan fingerprint density at radius 1 is 1.00 bits per heavy atom. The monoisotopic (exact) mass is 576 g/mol. The number of rotatable bonds is 11. The molecule has 2 aromatic rings. The van der Waals surface area contributed by atoms with Crippen LogP contribution in [0, 0.1) is 5.41 Å². The van der Waals surface area contributed by atoms with Crippen LogP contribution >= 0.6 is 46.4 Å². The summed E-state index contributed by atoms with van der Waals surface area (Å²) in [5, 5.41) is 19.0. The molecule has 0 saturated heterocycles. The van der Waals surface area contributed by atoms with Crippen LogP contribution in [-0.4, -0.2) is 46.3 Å². The van der Waals surface area contributed by atoms with Gasteiger partial charge < -0.3 is 16.6 Å². The summed E-state index contributed by atoms with van der Waals surface area (Å²) in [6, 6.07) is 8.22. The molecular formula is C22H24Cl4N6O4. The Bertz CT molecular complexity index is 1130. The van der Waals surface area contributed by atoms with E-state index in [-0.39, 0.29) is 36.0 Å². The molecule has 0 fully saturated rings. The molecule has 0 aliphatic carbocycles. The number of nitrogens with two attached hydrogens (primary N) is 2. The van der Waals surface area contributed by atoms with Crippen molar-refractivity contribution < 1.29 is 19.5 Å². The zero-order valence-corrected chi connectivity index (χ0v) is 21.8. The molecule has 0 bridgehead atoms. The second kappa shape index (κ2) is 13.6. The molecule has 0 aliphatic heterocycles. The Kier molecular flexibility index (Phi) is 11.2. The fourth-order valence-electron chi connectivity index (χ4n) is 3.11. The predicted octanol–water partition coefficient (Wildman–Crippen LogP) is 3.64. The summed E-state index contributed by atoms with van der Waals surface area (Å²) in [6.07, 6.45) is -0.440. The zero-order valence-electron chi connectivity index (χ0n) is 18.8. The lowest BCUT2D eigenvalue weighted by Gasteiger charge is -2.26. The molecule has 2 amide bonds. The SMILES string of the molecule is N=C(N)N(CCCC(N)C(=O)O)C(=O)CC(=O)N(NCc1cc(Cl)cc(Cl)c1)c1ccc(Cl)c(Cl)c1. The molecule has 0 spiro atoms. The number of hydrazine groups is 1. The van der Waals surface area contributed by atoms with Crippen LogP contribution in [0.2, 0.25) is 20.1 Å². The number of guanidine groups is 1. The molecule has 7 N–H and O–H groups in total. The number of nitrogens with one attached hydrogen (secondary N) is 2.